The Bertz CT molecular complexity index is 419. The van der Waals surface area contributed by atoms with Crippen molar-refractivity contribution < 1.29 is 5.11 Å². The Morgan fingerprint density at radius 3 is 2.88 bits per heavy atom. The van der Waals surface area contributed by atoms with E-state index in [1.807, 2.05) is 13.0 Å². The van der Waals surface area contributed by atoms with E-state index in [0.29, 0.717) is 11.7 Å². The molecule has 3 nitrogen and oxygen atoms in total. The second kappa shape index (κ2) is 4.30. The Labute approximate surface area is 103 Å². The number of rotatable bonds is 1. The lowest BCUT2D eigenvalue weighted by molar-refractivity contribution is -0.0684. The average Bonchev–Trinajstić information content (AvgIpc) is 2.29. The number of nitrogens with two attached hydrogens (primary N) is 1. The minimum Gasteiger partial charge on any atom is -0.385 e. The number of aliphatic hydroxyl groups is 1. The first kappa shape index (κ1) is 12.4. The van der Waals surface area contributed by atoms with E-state index in [-0.39, 0.29) is 5.92 Å². The van der Waals surface area contributed by atoms with Crippen molar-refractivity contribution in [3.05, 3.63) is 23.4 Å². The first-order chi connectivity index (χ1) is 7.95. The Morgan fingerprint density at radius 1 is 1.47 bits per heavy atom. The van der Waals surface area contributed by atoms with Crippen molar-refractivity contribution in [2.45, 2.75) is 45.6 Å². The van der Waals surface area contributed by atoms with Gasteiger partial charge < -0.3 is 10.8 Å². The number of pyridine rings is 1. The van der Waals surface area contributed by atoms with Gasteiger partial charge in [0.2, 0.25) is 0 Å². The van der Waals surface area contributed by atoms with Crippen LogP contribution in [0.4, 0.5) is 5.82 Å². The highest BCUT2D eigenvalue weighted by molar-refractivity contribution is 5.45. The van der Waals surface area contributed by atoms with E-state index >= 15 is 0 Å². The molecule has 2 rings (SSSR count). The summed E-state index contributed by atoms with van der Waals surface area (Å²) in [5.41, 5.74) is 7.00. The van der Waals surface area contributed by atoms with E-state index < -0.39 is 5.60 Å². The second-order valence-electron chi connectivity index (χ2n) is 5.53. The number of nitrogens with zero attached hydrogens (tertiary/aromatic N) is 1. The molecule has 1 saturated carbocycles. The highest BCUT2D eigenvalue weighted by Gasteiger charge is 2.42. The molecular formula is C14H22N2O. The Hall–Kier alpha value is -1.09. The van der Waals surface area contributed by atoms with Crippen molar-refractivity contribution >= 4 is 5.82 Å². The van der Waals surface area contributed by atoms with Crippen LogP contribution in [0.2, 0.25) is 0 Å². The van der Waals surface area contributed by atoms with Crippen LogP contribution in [-0.4, -0.2) is 10.1 Å². The maximum absolute atomic E-state index is 11.0. The minimum atomic E-state index is -0.805. The molecule has 0 spiro atoms. The van der Waals surface area contributed by atoms with Gasteiger partial charge in [-0.1, -0.05) is 20.3 Å². The van der Waals surface area contributed by atoms with Crippen molar-refractivity contribution in [3.8, 4) is 0 Å². The third-order valence-electron chi connectivity index (χ3n) is 4.35. The summed E-state index contributed by atoms with van der Waals surface area (Å²) in [6.07, 6.45) is 4.77. The number of hydrogen-bond acceptors (Lipinski definition) is 3. The molecule has 3 heteroatoms. The molecule has 1 heterocycles. The zero-order valence-electron chi connectivity index (χ0n) is 10.9. The molecule has 1 fully saturated rings. The lowest BCUT2D eigenvalue weighted by Gasteiger charge is -2.42. The predicted molar refractivity (Wildman–Crippen MR) is 69.5 cm³/mol. The van der Waals surface area contributed by atoms with Gasteiger partial charge in [-0.25, -0.2) is 4.98 Å². The molecule has 94 valence electrons. The van der Waals surface area contributed by atoms with Crippen LogP contribution in [0.1, 0.15) is 44.2 Å². The lowest BCUT2D eigenvalue weighted by atomic mass is 9.67. The largest absolute Gasteiger partial charge is 0.385 e. The van der Waals surface area contributed by atoms with Gasteiger partial charge in [0.15, 0.2) is 0 Å². The summed E-state index contributed by atoms with van der Waals surface area (Å²) >= 11 is 0. The lowest BCUT2D eigenvalue weighted by Crippen LogP contribution is -2.41. The van der Waals surface area contributed by atoms with Gasteiger partial charge in [0.1, 0.15) is 5.82 Å². The molecule has 0 amide bonds. The van der Waals surface area contributed by atoms with Crippen LogP contribution in [0.25, 0.3) is 0 Å². The molecular weight excluding hydrogens is 212 g/mol. The molecule has 0 saturated heterocycles. The molecule has 0 bridgehead atoms. The fraction of sp³-hybridized carbons (Fsp3) is 0.643. The van der Waals surface area contributed by atoms with Crippen LogP contribution >= 0.6 is 0 Å². The van der Waals surface area contributed by atoms with E-state index in [4.69, 9.17) is 5.73 Å². The van der Waals surface area contributed by atoms with Gasteiger partial charge in [0.05, 0.1) is 5.60 Å². The van der Waals surface area contributed by atoms with Crippen molar-refractivity contribution in [2.75, 3.05) is 5.73 Å². The summed E-state index contributed by atoms with van der Waals surface area (Å²) in [5.74, 6) is 1.22. The highest BCUT2D eigenvalue weighted by Crippen LogP contribution is 2.45. The summed E-state index contributed by atoms with van der Waals surface area (Å²) in [5, 5.41) is 11.0. The molecule has 17 heavy (non-hydrogen) atoms. The van der Waals surface area contributed by atoms with Gasteiger partial charge in [-0.05, 0) is 43.2 Å². The van der Waals surface area contributed by atoms with Crippen LogP contribution in [0.3, 0.4) is 0 Å². The number of anilines is 1. The third kappa shape index (κ3) is 2.04. The number of aromatic nitrogens is 1. The maximum atomic E-state index is 11.0. The van der Waals surface area contributed by atoms with Crippen molar-refractivity contribution in [3.63, 3.8) is 0 Å². The second-order valence-corrected chi connectivity index (χ2v) is 5.53. The molecule has 0 aromatic carbocycles. The fourth-order valence-corrected chi connectivity index (χ4v) is 2.95. The molecule has 1 aromatic rings. The number of nitrogen functional groups attached to an aromatic ring is 1. The normalized spacial score (nSPS) is 33.6. The number of aryl methyl sites for hydroxylation is 1. The van der Waals surface area contributed by atoms with Crippen molar-refractivity contribution in [1.29, 1.82) is 0 Å². The molecule has 0 radical (unpaired) electrons. The summed E-state index contributed by atoms with van der Waals surface area (Å²) < 4.78 is 0. The van der Waals surface area contributed by atoms with Crippen LogP contribution < -0.4 is 5.73 Å². The monoisotopic (exact) mass is 234 g/mol. The van der Waals surface area contributed by atoms with Gasteiger partial charge in [-0.15, -0.1) is 0 Å². The zero-order chi connectivity index (χ0) is 12.6. The van der Waals surface area contributed by atoms with E-state index in [1.54, 1.807) is 6.20 Å². The Balaban J connectivity index is 2.46. The van der Waals surface area contributed by atoms with Gasteiger partial charge in [0, 0.05) is 11.8 Å². The smallest absolute Gasteiger partial charge is 0.129 e. The average molecular weight is 234 g/mol. The van der Waals surface area contributed by atoms with E-state index in [1.165, 1.54) is 6.42 Å². The Morgan fingerprint density at radius 2 is 2.18 bits per heavy atom. The first-order valence-electron chi connectivity index (χ1n) is 6.40. The topological polar surface area (TPSA) is 59.1 Å². The molecule has 3 N–H and O–H groups in total. The Kier molecular flexibility index (Phi) is 3.13. The quantitative estimate of drug-likeness (QED) is 0.785. The summed E-state index contributed by atoms with van der Waals surface area (Å²) in [6, 6.07) is 1.98. The van der Waals surface area contributed by atoms with Crippen molar-refractivity contribution in [2.24, 2.45) is 11.8 Å². The zero-order valence-corrected chi connectivity index (χ0v) is 10.9. The molecule has 1 aromatic heterocycles. The van der Waals surface area contributed by atoms with E-state index in [9.17, 15) is 5.11 Å². The minimum absolute atomic E-state index is 0.224. The summed E-state index contributed by atoms with van der Waals surface area (Å²) in [6.45, 7) is 6.30. The summed E-state index contributed by atoms with van der Waals surface area (Å²) in [7, 11) is 0. The van der Waals surface area contributed by atoms with Gasteiger partial charge in [-0.2, -0.15) is 0 Å². The fourth-order valence-electron chi connectivity index (χ4n) is 2.95. The maximum Gasteiger partial charge on any atom is 0.129 e. The molecule has 0 aliphatic heterocycles. The third-order valence-corrected chi connectivity index (χ3v) is 4.35. The van der Waals surface area contributed by atoms with Crippen LogP contribution in [0.15, 0.2) is 12.3 Å². The highest BCUT2D eigenvalue weighted by atomic mass is 16.3. The molecule has 1 aliphatic rings. The van der Waals surface area contributed by atoms with Crippen LogP contribution in [0.5, 0.6) is 0 Å². The van der Waals surface area contributed by atoms with E-state index in [2.05, 4.69) is 18.8 Å². The van der Waals surface area contributed by atoms with Gasteiger partial charge in [-0.3, -0.25) is 0 Å². The molecule has 3 unspecified atom stereocenters. The summed E-state index contributed by atoms with van der Waals surface area (Å²) in [4.78, 5) is 4.18. The number of hydrogen-bond donors (Lipinski definition) is 2. The van der Waals surface area contributed by atoms with Crippen molar-refractivity contribution in [1.82, 2.24) is 4.98 Å². The van der Waals surface area contributed by atoms with Gasteiger partial charge >= 0.3 is 0 Å². The van der Waals surface area contributed by atoms with Gasteiger partial charge in [0.25, 0.3) is 0 Å². The SMILES string of the molecule is Cc1cnc(N)c(C2(O)CCCC(C)C2C)c1. The molecule has 3 atom stereocenters. The van der Waals surface area contributed by atoms with Crippen LogP contribution in [0, 0.1) is 18.8 Å². The van der Waals surface area contributed by atoms with Crippen LogP contribution in [-0.2, 0) is 5.60 Å². The standard InChI is InChI=1S/C14H22N2O/c1-9-7-12(13(15)16-8-9)14(17)6-4-5-10(2)11(14)3/h7-8,10-11,17H,4-6H2,1-3H3,(H2,15,16). The molecule has 1 aliphatic carbocycles. The predicted octanol–water partition coefficient (Wildman–Crippen LogP) is 2.62. The van der Waals surface area contributed by atoms with E-state index in [0.717, 1.165) is 24.0 Å². The first-order valence-corrected chi connectivity index (χ1v) is 6.40.